The number of nitro benzene ring substituents is 1. The number of amides is 1. The van der Waals surface area contributed by atoms with E-state index in [0.29, 0.717) is 29.6 Å². The normalized spacial score (nSPS) is 24.8. The van der Waals surface area contributed by atoms with Crippen LogP contribution in [0, 0.1) is 28.9 Å². The van der Waals surface area contributed by atoms with Gasteiger partial charge in [-0.1, -0.05) is 26.0 Å². The second-order valence-electron chi connectivity index (χ2n) is 6.56. The second-order valence-corrected chi connectivity index (χ2v) is 6.56. The van der Waals surface area contributed by atoms with Crippen molar-refractivity contribution in [3.8, 4) is 0 Å². The Labute approximate surface area is 130 Å². The molecule has 22 heavy (non-hydrogen) atoms. The molecular formula is C16H24N3O3+. The number of aryl methyl sites for hydroxylation is 1. The molecule has 1 aromatic carbocycles. The third kappa shape index (κ3) is 4.04. The Morgan fingerprint density at radius 2 is 2.00 bits per heavy atom. The molecule has 1 aliphatic heterocycles. The van der Waals surface area contributed by atoms with Gasteiger partial charge in [0.25, 0.3) is 11.6 Å². The summed E-state index contributed by atoms with van der Waals surface area (Å²) < 4.78 is 0. The molecule has 0 radical (unpaired) electrons. The maximum absolute atomic E-state index is 12.3. The highest BCUT2D eigenvalue weighted by molar-refractivity contribution is 5.94. The summed E-state index contributed by atoms with van der Waals surface area (Å²) in [7, 11) is 0. The highest BCUT2D eigenvalue weighted by Crippen LogP contribution is 2.27. The van der Waals surface area contributed by atoms with Gasteiger partial charge in [0.1, 0.15) is 5.69 Å². The molecule has 2 rings (SSSR count). The molecule has 0 aromatic heterocycles. The molecule has 0 bridgehead atoms. The maximum atomic E-state index is 12.3. The number of hydrogen-bond donors (Lipinski definition) is 2. The SMILES string of the molecule is Cc1cccc([N+](=O)[O-])c1NC(=O)C[NH+]1C[C@H](C)C[C@H](C)C1. The predicted molar refractivity (Wildman–Crippen MR) is 85.0 cm³/mol. The van der Waals surface area contributed by atoms with Gasteiger partial charge in [-0.2, -0.15) is 0 Å². The number of hydrogen-bond acceptors (Lipinski definition) is 3. The molecule has 0 spiro atoms. The van der Waals surface area contributed by atoms with Crippen LogP contribution in [0.25, 0.3) is 0 Å². The van der Waals surface area contributed by atoms with E-state index in [1.54, 1.807) is 19.1 Å². The summed E-state index contributed by atoms with van der Waals surface area (Å²) in [5.74, 6) is 1.06. The number of rotatable bonds is 4. The average Bonchev–Trinajstić information content (AvgIpc) is 2.39. The van der Waals surface area contributed by atoms with Crippen LogP contribution >= 0.6 is 0 Å². The predicted octanol–water partition coefficient (Wildman–Crippen LogP) is 1.40. The van der Waals surface area contributed by atoms with Crippen LogP contribution in [0.4, 0.5) is 11.4 Å². The summed E-state index contributed by atoms with van der Waals surface area (Å²) in [5.41, 5.74) is 0.969. The van der Waals surface area contributed by atoms with Gasteiger partial charge in [0.2, 0.25) is 0 Å². The van der Waals surface area contributed by atoms with E-state index in [0.717, 1.165) is 13.1 Å². The first kappa shape index (κ1) is 16.4. The van der Waals surface area contributed by atoms with Gasteiger partial charge in [0.15, 0.2) is 6.54 Å². The third-order valence-electron chi connectivity index (χ3n) is 4.20. The molecule has 1 saturated heterocycles. The summed E-state index contributed by atoms with van der Waals surface area (Å²) >= 11 is 0. The molecule has 0 aliphatic carbocycles. The molecule has 1 aliphatic rings. The van der Waals surface area contributed by atoms with Gasteiger partial charge in [-0.15, -0.1) is 0 Å². The van der Waals surface area contributed by atoms with Gasteiger partial charge in [0, 0.05) is 17.9 Å². The Kier molecular flexibility index (Phi) is 5.13. The van der Waals surface area contributed by atoms with Gasteiger partial charge in [-0.25, -0.2) is 0 Å². The summed E-state index contributed by atoms with van der Waals surface area (Å²) in [5, 5.41) is 13.8. The van der Waals surface area contributed by atoms with Crippen LogP contribution in [0.3, 0.4) is 0 Å². The number of para-hydroxylation sites is 1. The fourth-order valence-electron chi connectivity index (χ4n) is 3.44. The lowest BCUT2D eigenvalue weighted by Crippen LogP contribution is -3.15. The van der Waals surface area contributed by atoms with E-state index in [4.69, 9.17) is 0 Å². The maximum Gasteiger partial charge on any atom is 0.293 e. The Balaban J connectivity index is 2.05. The van der Waals surface area contributed by atoms with E-state index in [1.807, 2.05) is 0 Å². The number of carbonyl (C=O) groups excluding carboxylic acids is 1. The summed E-state index contributed by atoms with van der Waals surface area (Å²) in [6.07, 6.45) is 1.20. The monoisotopic (exact) mass is 306 g/mol. The minimum Gasteiger partial charge on any atom is -0.327 e. The van der Waals surface area contributed by atoms with Crippen molar-refractivity contribution in [1.82, 2.24) is 0 Å². The van der Waals surface area contributed by atoms with Crippen molar-refractivity contribution in [3.63, 3.8) is 0 Å². The molecule has 1 heterocycles. The zero-order valence-corrected chi connectivity index (χ0v) is 13.4. The smallest absolute Gasteiger partial charge is 0.293 e. The van der Waals surface area contributed by atoms with Crippen molar-refractivity contribution in [2.45, 2.75) is 27.2 Å². The van der Waals surface area contributed by atoms with Gasteiger partial charge < -0.3 is 10.2 Å². The number of likely N-dealkylation sites (tertiary alicyclic amines) is 1. The number of nitro groups is 1. The van der Waals surface area contributed by atoms with Crippen molar-refractivity contribution < 1.29 is 14.6 Å². The molecule has 6 heteroatoms. The molecule has 1 fully saturated rings. The van der Waals surface area contributed by atoms with Crippen LogP contribution in [0.5, 0.6) is 0 Å². The highest BCUT2D eigenvalue weighted by Gasteiger charge is 2.27. The van der Waals surface area contributed by atoms with Gasteiger partial charge >= 0.3 is 0 Å². The van der Waals surface area contributed by atoms with Gasteiger partial charge in [0.05, 0.1) is 18.0 Å². The van der Waals surface area contributed by atoms with Crippen molar-refractivity contribution in [2.75, 3.05) is 25.0 Å². The van der Waals surface area contributed by atoms with Crippen LogP contribution in [0.2, 0.25) is 0 Å². The van der Waals surface area contributed by atoms with E-state index in [2.05, 4.69) is 19.2 Å². The van der Waals surface area contributed by atoms with Gasteiger partial charge in [-0.05, 0) is 18.9 Å². The second kappa shape index (κ2) is 6.87. The minimum absolute atomic E-state index is 0.0521. The zero-order chi connectivity index (χ0) is 16.3. The lowest BCUT2D eigenvalue weighted by Gasteiger charge is -2.31. The van der Waals surface area contributed by atoms with Crippen molar-refractivity contribution in [1.29, 1.82) is 0 Å². The van der Waals surface area contributed by atoms with Crippen LogP contribution in [0.15, 0.2) is 18.2 Å². The third-order valence-corrected chi connectivity index (χ3v) is 4.20. The van der Waals surface area contributed by atoms with Crippen molar-refractivity contribution >= 4 is 17.3 Å². The molecule has 1 unspecified atom stereocenters. The van der Waals surface area contributed by atoms with Crippen molar-refractivity contribution in [3.05, 3.63) is 33.9 Å². The number of quaternary nitrogens is 1. The molecule has 1 aromatic rings. The molecule has 120 valence electrons. The minimum atomic E-state index is -0.458. The fourth-order valence-corrected chi connectivity index (χ4v) is 3.44. The van der Waals surface area contributed by atoms with Gasteiger partial charge in [-0.3, -0.25) is 14.9 Å². The van der Waals surface area contributed by atoms with Crippen LogP contribution in [-0.4, -0.2) is 30.5 Å². The zero-order valence-electron chi connectivity index (χ0n) is 13.4. The first-order valence-electron chi connectivity index (χ1n) is 7.74. The number of anilines is 1. The fraction of sp³-hybridized carbons (Fsp3) is 0.562. The average molecular weight is 306 g/mol. The highest BCUT2D eigenvalue weighted by atomic mass is 16.6. The van der Waals surface area contributed by atoms with E-state index in [-0.39, 0.29) is 11.6 Å². The summed E-state index contributed by atoms with van der Waals surface area (Å²) in [4.78, 5) is 24.1. The summed E-state index contributed by atoms with van der Waals surface area (Å²) in [6, 6.07) is 4.81. The van der Waals surface area contributed by atoms with E-state index >= 15 is 0 Å². The van der Waals surface area contributed by atoms with E-state index in [9.17, 15) is 14.9 Å². The molecule has 3 atom stereocenters. The van der Waals surface area contributed by atoms with E-state index < -0.39 is 4.92 Å². The lowest BCUT2D eigenvalue weighted by atomic mass is 9.92. The van der Waals surface area contributed by atoms with Crippen LogP contribution in [0.1, 0.15) is 25.8 Å². The molecular weight excluding hydrogens is 282 g/mol. The molecule has 1 amide bonds. The molecule has 6 nitrogen and oxygen atoms in total. The standard InChI is InChI=1S/C16H23N3O3/c1-11-7-12(2)9-18(8-11)10-15(20)17-16-13(3)5-4-6-14(16)19(21)22/h4-6,11-12H,7-10H2,1-3H3,(H,17,20)/p+1/t11-,12+. The number of piperidine rings is 1. The summed E-state index contributed by atoms with van der Waals surface area (Å²) in [6.45, 7) is 8.50. The number of nitrogens with one attached hydrogen (secondary N) is 2. The molecule has 2 N–H and O–H groups in total. The number of carbonyl (C=O) groups is 1. The Bertz CT molecular complexity index is 564. The largest absolute Gasteiger partial charge is 0.327 e. The topological polar surface area (TPSA) is 76.7 Å². The first-order valence-corrected chi connectivity index (χ1v) is 7.74. The Hall–Kier alpha value is -1.95. The van der Waals surface area contributed by atoms with Crippen molar-refractivity contribution in [2.24, 2.45) is 11.8 Å². The Morgan fingerprint density at radius 3 is 2.59 bits per heavy atom. The Morgan fingerprint density at radius 1 is 1.36 bits per heavy atom. The number of nitrogens with zero attached hydrogens (tertiary/aromatic N) is 1. The van der Waals surface area contributed by atoms with Crippen LogP contribution < -0.4 is 10.2 Å². The quantitative estimate of drug-likeness (QED) is 0.652. The first-order chi connectivity index (χ1) is 10.4. The van der Waals surface area contributed by atoms with E-state index in [1.165, 1.54) is 17.4 Å². The number of benzene rings is 1. The lowest BCUT2D eigenvalue weighted by molar-refractivity contribution is -0.904. The molecule has 0 saturated carbocycles. The van der Waals surface area contributed by atoms with Crippen LogP contribution in [-0.2, 0) is 4.79 Å².